The van der Waals surface area contributed by atoms with Crippen LogP contribution in [-0.2, 0) is 0 Å². The molecule has 0 amide bonds. The molecule has 1 unspecified atom stereocenters. The van der Waals surface area contributed by atoms with Gasteiger partial charge in [0.2, 0.25) is 0 Å². The third kappa shape index (κ3) is 1.76. The lowest BCUT2D eigenvalue weighted by Crippen LogP contribution is -2.03. The van der Waals surface area contributed by atoms with Crippen molar-refractivity contribution in [2.45, 2.75) is 25.2 Å². The predicted octanol–water partition coefficient (Wildman–Crippen LogP) is 5.33. The molecule has 0 radical (unpaired) electrons. The van der Waals surface area contributed by atoms with Gasteiger partial charge in [0.05, 0.1) is 0 Å². The van der Waals surface area contributed by atoms with Gasteiger partial charge in [-0.1, -0.05) is 66.8 Å². The van der Waals surface area contributed by atoms with Gasteiger partial charge in [0.15, 0.2) is 0 Å². The van der Waals surface area contributed by atoms with Crippen LogP contribution in [0.2, 0.25) is 0 Å². The van der Waals surface area contributed by atoms with Crippen LogP contribution in [0.1, 0.15) is 36.3 Å². The summed E-state index contributed by atoms with van der Waals surface area (Å²) in [5, 5.41) is 0. The molecule has 0 saturated carbocycles. The van der Waals surface area contributed by atoms with E-state index in [9.17, 15) is 0 Å². The molecule has 0 bridgehead atoms. The fraction of sp³-hybridized carbons (Fsp3) is 0.200. The van der Waals surface area contributed by atoms with Crippen molar-refractivity contribution in [2.75, 3.05) is 0 Å². The first-order valence-electron chi connectivity index (χ1n) is 7.48. The molecule has 3 aliphatic rings. The van der Waals surface area contributed by atoms with Crippen molar-refractivity contribution in [3.05, 3.63) is 89.1 Å². The summed E-state index contributed by atoms with van der Waals surface area (Å²) in [5.74, 6) is 0.542. The number of benzene rings is 1. The van der Waals surface area contributed by atoms with Gasteiger partial charge in [-0.2, -0.15) is 0 Å². The minimum atomic E-state index is 0.542. The van der Waals surface area contributed by atoms with Gasteiger partial charge in [0.25, 0.3) is 0 Å². The van der Waals surface area contributed by atoms with E-state index in [4.69, 9.17) is 0 Å². The lowest BCUT2D eigenvalue weighted by molar-refractivity contribution is 0.793. The molecule has 0 N–H and O–H groups in total. The van der Waals surface area contributed by atoms with E-state index in [0.717, 1.165) is 19.3 Å². The maximum atomic E-state index is 2.37. The Morgan fingerprint density at radius 1 is 0.950 bits per heavy atom. The van der Waals surface area contributed by atoms with E-state index in [2.05, 4.69) is 66.8 Å². The second-order valence-electron chi connectivity index (χ2n) is 5.65. The molecule has 0 heterocycles. The molecular weight excluding hydrogens is 240 g/mol. The van der Waals surface area contributed by atoms with Crippen molar-refractivity contribution in [1.29, 1.82) is 0 Å². The van der Waals surface area contributed by atoms with Crippen LogP contribution in [0.25, 0.3) is 5.57 Å². The van der Waals surface area contributed by atoms with Gasteiger partial charge in [-0.15, -0.1) is 0 Å². The Bertz CT molecular complexity index is 693. The minimum Gasteiger partial charge on any atom is -0.0882 e. The van der Waals surface area contributed by atoms with Crippen LogP contribution < -0.4 is 0 Å². The normalized spacial score (nSPS) is 30.8. The fourth-order valence-electron chi connectivity index (χ4n) is 3.64. The summed E-state index contributed by atoms with van der Waals surface area (Å²) in [4.78, 5) is 0. The SMILES string of the molecule is C1=C\C=C2\CC/C=C\CC3C2=C(\C=C/1)c1ccccc13. The summed E-state index contributed by atoms with van der Waals surface area (Å²) in [5.41, 5.74) is 7.46. The molecule has 1 atom stereocenters. The highest BCUT2D eigenvalue weighted by atomic mass is 14.3. The summed E-state index contributed by atoms with van der Waals surface area (Å²) in [6, 6.07) is 8.92. The van der Waals surface area contributed by atoms with E-state index in [1.165, 1.54) is 22.3 Å². The second kappa shape index (κ2) is 4.79. The Morgan fingerprint density at radius 2 is 1.90 bits per heavy atom. The topological polar surface area (TPSA) is 0 Å². The third-order valence-electron chi connectivity index (χ3n) is 4.51. The average Bonchev–Trinajstić information content (AvgIpc) is 2.72. The first-order valence-corrected chi connectivity index (χ1v) is 7.48. The molecule has 0 aromatic heterocycles. The molecule has 98 valence electrons. The highest BCUT2D eigenvalue weighted by molar-refractivity contribution is 5.88. The molecule has 0 fully saturated rings. The fourth-order valence-corrected chi connectivity index (χ4v) is 3.64. The van der Waals surface area contributed by atoms with Crippen LogP contribution in [-0.4, -0.2) is 0 Å². The van der Waals surface area contributed by atoms with Crippen LogP contribution in [0.3, 0.4) is 0 Å². The second-order valence-corrected chi connectivity index (χ2v) is 5.65. The standard InChI is InChI=1S/C20H18/c1-3-9-15-10-4-2-6-14-19-17-12-8-7-11-16(17)18(13-5-1)20(15)19/h1-3,5-9,11-13,19H,4,10,14H2/b3-1-,5-1?,6-2-,9-3?,13-5-,15-9-,18-13?,20-15?. The molecule has 3 aliphatic carbocycles. The molecule has 4 rings (SSSR count). The number of fused-ring (bicyclic) bond motifs is 3. The van der Waals surface area contributed by atoms with Crippen molar-refractivity contribution in [1.82, 2.24) is 0 Å². The van der Waals surface area contributed by atoms with E-state index < -0.39 is 0 Å². The van der Waals surface area contributed by atoms with Crippen molar-refractivity contribution in [2.24, 2.45) is 0 Å². The van der Waals surface area contributed by atoms with Crippen LogP contribution in [0, 0.1) is 0 Å². The van der Waals surface area contributed by atoms with Gasteiger partial charge in [-0.25, -0.2) is 0 Å². The average molecular weight is 258 g/mol. The summed E-state index contributed by atoms with van der Waals surface area (Å²) >= 11 is 0. The van der Waals surface area contributed by atoms with Crippen molar-refractivity contribution in [3.63, 3.8) is 0 Å². The van der Waals surface area contributed by atoms with Crippen molar-refractivity contribution >= 4 is 5.57 Å². The maximum Gasteiger partial charge on any atom is 0.0139 e. The van der Waals surface area contributed by atoms with Crippen LogP contribution in [0.15, 0.2) is 77.9 Å². The highest BCUT2D eigenvalue weighted by Crippen LogP contribution is 2.49. The Labute approximate surface area is 120 Å². The number of rotatable bonds is 0. The van der Waals surface area contributed by atoms with Crippen molar-refractivity contribution < 1.29 is 0 Å². The summed E-state index contributed by atoms with van der Waals surface area (Å²) in [6.45, 7) is 0. The molecule has 1 aromatic carbocycles. The molecule has 0 aliphatic heterocycles. The van der Waals surface area contributed by atoms with Gasteiger partial charge in [0.1, 0.15) is 0 Å². The zero-order valence-corrected chi connectivity index (χ0v) is 11.5. The number of allylic oxidation sites excluding steroid dienone is 10. The molecule has 0 saturated heterocycles. The quantitative estimate of drug-likeness (QED) is 0.552. The molecule has 0 heteroatoms. The number of hydrogen-bond donors (Lipinski definition) is 0. The largest absolute Gasteiger partial charge is 0.0882 e. The number of hydrogen-bond acceptors (Lipinski definition) is 0. The Morgan fingerprint density at radius 3 is 2.90 bits per heavy atom. The minimum absolute atomic E-state index is 0.542. The molecular formula is C20H18. The lowest BCUT2D eigenvalue weighted by Gasteiger charge is -2.20. The van der Waals surface area contributed by atoms with E-state index >= 15 is 0 Å². The Balaban J connectivity index is 1.98. The van der Waals surface area contributed by atoms with Crippen LogP contribution in [0.5, 0.6) is 0 Å². The van der Waals surface area contributed by atoms with E-state index in [1.807, 2.05) is 0 Å². The smallest absolute Gasteiger partial charge is 0.0139 e. The molecule has 0 spiro atoms. The van der Waals surface area contributed by atoms with Gasteiger partial charge in [-0.05, 0) is 47.1 Å². The van der Waals surface area contributed by atoms with E-state index in [0.29, 0.717) is 5.92 Å². The molecule has 20 heavy (non-hydrogen) atoms. The molecule has 1 aromatic rings. The third-order valence-corrected chi connectivity index (χ3v) is 4.51. The maximum absolute atomic E-state index is 2.37. The summed E-state index contributed by atoms with van der Waals surface area (Å²) < 4.78 is 0. The highest BCUT2D eigenvalue weighted by Gasteiger charge is 2.31. The summed E-state index contributed by atoms with van der Waals surface area (Å²) in [6.07, 6.45) is 19.3. The predicted molar refractivity (Wildman–Crippen MR) is 85.5 cm³/mol. The Hall–Kier alpha value is -2.08. The van der Waals surface area contributed by atoms with Crippen LogP contribution in [0.4, 0.5) is 0 Å². The van der Waals surface area contributed by atoms with Crippen LogP contribution >= 0.6 is 0 Å². The van der Waals surface area contributed by atoms with Gasteiger partial charge in [-0.3, -0.25) is 0 Å². The zero-order chi connectivity index (χ0) is 13.4. The molecule has 0 nitrogen and oxygen atoms in total. The first kappa shape index (κ1) is 11.7. The monoisotopic (exact) mass is 258 g/mol. The van der Waals surface area contributed by atoms with E-state index in [1.54, 1.807) is 5.57 Å². The van der Waals surface area contributed by atoms with Gasteiger partial charge < -0.3 is 0 Å². The van der Waals surface area contributed by atoms with Crippen molar-refractivity contribution in [3.8, 4) is 0 Å². The van der Waals surface area contributed by atoms with Gasteiger partial charge >= 0.3 is 0 Å². The summed E-state index contributed by atoms with van der Waals surface area (Å²) in [7, 11) is 0. The lowest BCUT2D eigenvalue weighted by atomic mass is 9.84. The van der Waals surface area contributed by atoms with E-state index in [-0.39, 0.29) is 0 Å². The first-order chi connectivity index (χ1) is 9.95. The Kier molecular flexibility index (Phi) is 2.81. The zero-order valence-electron chi connectivity index (χ0n) is 11.5. The van der Waals surface area contributed by atoms with Gasteiger partial charge in [0, 0.05) is 5.92 Å².